The number of aryl methyl sites for hydroxylation is 1. The van der Waals surface area contributed by atoms with Crippen LogP contribution in [0.4, 0.5) is 5.69 Å². The van der Waals surface area contributed by atoms with E-state index < -0.39 is 0 Å². The first kappa shape index (κ1) is 20.0. The minimum atomic E-state index is -0.336. The van der Waals surface area contributed by atoms with Gasteiger partial charge < -0.3 is 4.74 Å². The molecule has 0 unspecified atom stereocenters. The number of rotatable bonds is 5. The predicted octanol–water partition coefficient (Wildman–Crippen LogP) is 5.39. The molecule has 0 bridgehead atoms. The normalized spacial score (nSPS) is 13.9. The highest BCUT2D eigenvalue weighted by Crippen LogP contribution is 2.44. The average molecular weight is 416 g/mol. The van der Waals surface area contributed by atoms with E-state index in [9.17, 15) is 9.59 Å². The van der Waals surface area contributed by atoms with Crippen molar-refractivity contribution in [1.82, 2.24) is 0 Å². The summed E-state index contributed by atoms with van der Waals surface area (Å²) in [5.41, 5.74) is 3.53. The zero-order chi connectivity index (χ0) is 21.3. The monoisotopic (exact) mass is 415 g/mol. The highest BCUT2D eigenvalue weighted by atomic mass is 32.2. The van der Waals surface area contributed by atoms with Crippen molar-refractivity contribution in [2.45, 2.75) is 18.7 Å². The zero-order valence-electron chi connectivity index (χ0n) is 17.0. The molecule has 0 fully saturated rings. The molecule has 0 saturated carbocycles. The molecule has 3 aromatic carbocycles. The van der Waals surface area contributed by atoms with Crippen LogP contribution in [0.5, 0.6) is 5.75 Å². The molecule has 4 nitrogen and oxygen atoms in total. The molecule has 0 radical (unpaired) electrons. The van der Waals surface area contributed by atoms with Crippen molar-refractivity contribution in [3.05, 3.63) is 94.4 Å². The molecule has 5 heteroatoms. The van der Waals surface area contributed by atoms with E-state index in [2.05, 4.69) is 0 Å². The van der Waals surface area contributed by atoms with Crippen LogP contribution >= 0.6 is 11.8 Å². The van der Waals surface area contributed by atoms with E-state index in [1.165, 1.54) is 16.7 Å². The molecule has 2 amide bonds. The molecule has 0 spiro atoms. The lowest BCUT2D eigenvalue weighted by atomic mass is 10.0. The molecule has 0 atom stereocenters. The quantitative estimate of drug-likeness (QED) is 0.524. The minimum Gasteiger partial charge on any atom is -0.496 e. The summed E-state index contributed by atoms with van der Waals surface area (Å²) in [5.74, 6) is -0.0947. The minimum absolute atomic E-state index is 0.316. The third-order valence-corrected chi connectivity index (χ3v) is 6.29. The van der Waals surface area contributed by atoms with Crippen LogP contribution in [0.15, 0.2) is 82.6 Å². The summed E-state index contributed by atoms with van der Waals surface area (Å²) in [5, 5.41) is 0. The fraction of sp³-hybridized carbons (Fsp3) is 0.120. The van der Waals surface area contributed by atoms with Gasteiger partial charge in [0, 0.05) is 10.5 Å². The maximum absolute atomic E-state index is 13.6. The molecule has 1 aliphatic rings. The van der Waals surface area contributed by atoms with Crippen molar-refractivity contribution in [3.63, 3.8) is 0 Å². The molecule has 1 aliphatic heterocycles. The molecule has 0 saturated heterocycles. The van der Waals surface area contributed by atoms with Crippen LogP contribution < -0.4 is 9.64 Å². The number of nitrogens with zero attached hydrogens (tertiary/aromatic N) is 1. The highest BCUT2D eigenvalue weighted by molar-refractivity contribution is 8.04. The van der Waals surface area contributed by atoms with Crippen LogP contribution in [0, 0.1) is 13.8 Å². The lowest BCUT2D eigenvalue weighted by molar-refractivity contribution is -0.119. The molecule has 3 aromatic rings. The Morgan fingerprint density at radius 1 is 0.800 bits per heavy atom. The van der Waals surface area contributed by atoms with Crippen LogP contribution in [-0.4, -0.2) is 18.9 Å². The van der Waals surface area contributed by atoms with Crippen LogP contribution in [0.25, 0.3) is 5.57 Å². The van der Waals surface area contributed by atoms with Crippen molar-refractivity contribution >= 4 is 34.8 Å². The first-order chi connectivity index (χ1) is 14.5. The topological polar surface area (TPSA) is 46.6 Å². The number of benzene rings is 3. The van der Waals surface area contributed by atoms with Crippen molar-refractivity contribution in [1.29, 1.82) is 0 Å². The van der Waals surface area contributed by atoms with Gasteiger partial charge in [-0.2, -0.15) is 0 Å². The third-order valence-electron chi connectivity index (χ3n) is 5.20. The Kier molecular flexibility index (Phi) is 5.46. The number of ether oxygens (including phenoxy) is 1. The Balaban J connectivity index is 1.89. The third kappa shape index (κ3) is 3.42. The molecule has 1 heterocycles. The largest absolute Gasteiger partial charge is 0.496 e. The van der Waals surface area contributed by atoms with Gasteiger partial charge in [0.25, 0.3) is 11.8 Å². The number of hydrogen-bond acceptors (Lipinski definition) is 4. The number of anilines is 1. The first-order valence-corrected chi connectivity index (χ1v) is 10.4. The smallest absolute Gasteiger partial charge is 0.272 e. The summed E-state index contributed by atoms with van der Waals surface area (Å²) in [4.78, 5) is 29.8. The van der Waals surface area contributed by atoms with Gasteiger partial charge in [0.2, 0.25) is 0 Å². The van der Waals surface area contributed by atoms with E-state index in [1.54, 1.807) is 13.2 Å². The van der Waals surface area contributed by atoms with Crippen LogP contribution in [0.3, 0.4) is 0 Å². The average Bonchev–Trinajstić information content (AvgIpc) is 3.00. The number of amides is 2. The summed E-state index contributed by atoms with van der Waals surface area (Å²) < 4.78 is 5.50. The number of carbonyl (C=O) groups excluding carboxylic acids is 2. The molecule has 0 N–H and O–H groups in total. The first-order valence-electron chi connectivity index (χ1n) is 9.58. The van der Waals surface area contributed by atoms with Gasteiger partial charge in [0.1, 0.15) is 5.75 Å². The predicted molar refractivity (Wildman–Crippen MR) is 121 cm³/mol. The van der Waals surface area contributed by atoms with Crippen molar-refractivity contribution in [2.24, 2.45) is 0 Å². The Labute approximate surface area is 180 Å². The molecular weight excluding hydrogens is 394 g/mol. The Morgan fingerprint density at radius 2 is 1.50 bits per heavy atom. The molecule has 150 valence electrons. The Bertz CT molecular complexity index is 1170. The van der Waals surface area contributed by atoms with Gasteiger partial charge in [0.05, 0.1) is 23.3 Å². The molecular formula is C25H21NO3S. The lowest BCUT2D eigenvalue weighted by Crippen LogP contribution is -2.32. The maximum atomic E-state index is 13.6. The Morgan fingerprint density at radius 3 is 2.23 bits per heavy atom. The summed E-state index contributed by atoms with van der Waals surface area (Å²) in [6.07, 6.45) is 0. The van der Waals surface area contributed by atoms with Gasteiger partial charge in [-0.3, -0.25) is 9.59 Å². The fourth-order valence-corrected chi connectivity index (χ4v) is 4.50. The number of hydrogen-bond donors (Lipinski definition) is 0. The molecule has 4 rings (SSSR count). The van der Waals surface area contributed by atoms with Crippen molar-refractivity contribution < 1.29 is 14.3 Å². The standard InChI is InChI=1S/C25H21NO3S/c1-16-10-9-14-20(17(16)2)26-24(27)22(19-13-7-8-15-21(19)29-3)23(25(26)28)30-18-11-5-4-6-12-18/h4-15H,1-3H3. The zero-order valence-corrected chi connectivity index (χ0v) is 17.8. The summed E-state index contributed by atoms with van der Waals surface area (Å²) in [6, 6.07) is 22.5. The number of carbonyl (C=O) groups is 2. The van der Waals surface area contributed by atoms with E-state index in [4.69, 9.17) is 4.74 Å². The number of imide groups is 1. The van der Waals surface area contributed by atoms with Crippen LogP contribution in [0.1, 0.15) is 16.7 Å². The number of thioether (sulfide) groups is 1. The van der Waals surface area contributed by atoms with E-state index in [0.717, 1.165) is 16.0 Å². The summed E-state index contributed by atoms with van der Waals surface area (Å²) in [6.45, 7) is 3.90. The van der Waals surface area contributed by atoms with Crippen molar-refractivity contribution in [3.8, 4) is 5.75 Å². The Hall–Kier alpha value is -3.31. The SMILES string of the molecule is COc1ccccc1C1=C(Sc2ccccc2)C(=O)N(c2cccc(C)c2C)C1=O. The van der Waals surface area contributed by atoms with Gasteiger partial charge in [0.15, 0.2) is 0 Å². The molecule has 0 aromatic heterocycles. The van der Waals surface area contributed by atoms with Gasteiger partial charge in [-0.1, -0.05) is 60.3 Å². The summed E-state index contributed by atoms with van der Waals surface area (Å²) >= 11 is 1.31. The van der Waals surface area contributed by atoms with E-state index >= 15 is 0 Å². The molecule has 0 aliphatic carbocycles. The second-order valence-electron chi connectivity index (χ2n) is 6.98. The highest BCUT2D eigenvalue weighted by Gasteiger charge is 2.42. The van der Waals surface area contributed by atoms with Gasteiger partial charge in [-0.15, -0.1) is 0 Å². The fourth-order valence-electron chi connectivity index (χ4n) is 3.50. The van der Waals surface area contributed by atoms with Crippen molar-refractivity contribution in [2.75, 3.05) is 12.0 Å². The maximum Gasteiger partial charge on any atom is 0.272 e. The number of methoxy groups -OCH3 is 1. The second-order valence-corrected chi connectivity index (χ2v) is 8.07. The second kappa shape index (κ2) is 8.20. The van der Waals surface area contributed by atoms with E-state index in [1.807, 2.05) is 80.6 Å². The van der Waals surface area contributed by atoms with Gasteiger partial charge in [-0.25, -0.2) is 4.90 Å². The summed E-state index contributed by atoms with van der Waals surface area (Å²) in [7, 11) is 1.56. The van der Waals surface area contributed by atoms with Gasteiger partial charge >= 0.3 is 0 Å². The van der Waals surface area contributed by atoms with E-state index in [-0.39, 0.29) is 11.8 Å². The van der Waals surface area contributed by atoms with Crippen LogP contribution in [-0.2, 0) is 9.59 Å². The lowest BCUT2D eigenvalue weighted by Gasteiger charge is -2.19. The van der Waals surface area contributed by atoms with E-state index in [0.29, 0.717) is 27.5 Å². The van der Waals surface area contributed by atoms with Crippen LogP contribution in [0.2, 0.25) is 0 Å². The molecule has 30 heavy (non-hydrogen) atoms. The van der Waals surface area contributed by atoms with Gasteiger partial charge in [-0.05, 0) is 49.2 Å². The number of para-hydroxylation sites is 1.